The zero-order valence-corrected chi connectivity index (χ0v) is 10.8. The van der Waals surface area contributed by atoms with Crippen molar-refractivity contribution in [1.29, 1.82) is 0 Å². The average Bonchev–Trinajstić information content (AvgIpc) is 2.60. The van der Waals surface area contributed by atoms with Gasteiger partial charge in [-0.1, -0.05) is 20.8 Å². The summed E-state index contributed by atoms with van der Waals surface area (Å²) >= 11 is 0. The Hall–Kier alpha value is -0.250. The highest BCUT2D eigenvalue weighted by Gasteiger charge is 2.58. The molecule has 0 aromatic carbocycles. The van der Waals surface area contributed by atoms with Crippen molar-refractivity contribution in [3.63, 3.8) is 0 Å². The van der Waals surface area contributed by atoms with Crippen molar-refractivity contribution < 1.29 is 13.2 Å². The fourth-order valence-electron chi connectivity index (χ4n) is 4.17. The average molecular weight is 249 g/mol. The SMILES string of the molecule is CC1(C)C(NCCC(F)(F)F)[C@]2(C)CC[C@H]1C2. The third-order valence-corrected chi connectivity index (χ3v) is 5.03. The minimum atomic E-state index is -4.05. The Bertz CT molecular complexity index is 293. The van der Waals surface area contributed by atoms with Crippen LogP contribution >= 0.6 is 0 Å². The van der Waals surface area contributed by atoms with Crippen molar-refractivity contribution in [1.82, 2.24) is 5.32 Å². The standard InChI is InChI=1S/C13H22F3N/c1-11(2)9-4-5-12(3,8-9)10(11)17-7-6-13(14,15)16/h9-10,17H,4-8H2,1-3H3/t9-,10?,12+/m0/s1. The third kappa shape index (κ3) is 2.33. The lowest BCUT2D eigenvalue weighted by molar-refractivity contribution is -0.134. The van der Waals surface area contributed by atoms with E-state index < -0.39 is 12.6 Å². The zero-order chi connectivity index (χ0) is 12.9. The summed E-state index contributed by atoms with van der Waals surface area (Å²) in [5.41, 5.74) is 0.346. The quantitative estimate of drug-likeness (QED) is 0.803. The maximum atomic E-state index is 12.2. The highest BCUT2D eigenvalue weighted by atomic mass is 19.4. The van der Waals surface area contributed by atoms with Gasteiger partial charge >= 0.3 is 6.18 Å². The van der Waals surface area contributed by atoms with E-state index in [-0.39, 0.29) is 23.4 Å². The lowest BCUT2D eigenvalue weighted by atomic mass is 9.68. The molecule has 2 bridgehead atoms. The van der Waals surface area contributed by atoms with Crippen LogP contribution in [0.4, 0.5) is 13.2 Å². The van der Waals surface area contributed by atoms with Gasteiger partial charge in [-0.25, -0.2) is 0 Å². The molecule has 100 valence electrons. The predicted octanol–water partition coefficient (Wildman–Crippen LogP) is 3.74. The van der Waals surface area contributed by atoms with Crippen LogP contribution in [0.25, 0.3) is 0 Å². The fraction of sp³-hybridized carbons (Fsp3) is 1.00. The number of hydrogen-bond acceptors (Lipinski definition) is 1. The summed E-state index contributed by atoms with van der Waals surface area (Å²) in [7, 11) is 0. The Morgan fingerprint density at radius 3 is 2.35 bits per heavy atom. The van der Waals surface area contributed by atoms with Gasteiger partial charge in [-0.05, 0) is 36.0 Å². The molecule has 0 heterocycles. The lowest BCUT2D eigenvalue weighted by Gasteiger charge is -2.43. The van der Waals surface area contributed by atoms with Gasteiger partial charge < -0.3 is 5.32 Å². The van der Waals surface area contributed by atoms with Crippen LogP contribution in [-0.4, -0.2) is 18.8 Å². The van der Waals surface area contributed by atoms with Crippen LogP contribution in [0.15, 0.2) is 0 Å². The summed E-state index contributed by atoms with van der Waals surface area (Å²) in [6.07, 6.45) is -1.20. The number of hydrogen-bond donors (Lipinski definition) is 1. The van der Waals surface area contributed by atoms with E-state index in [2.05, 4.69) is 26.1 Å². The molecule has 3 atom stereocenters. The normalized spacial score (nSPS) is 39.9. The zero-order valence-electron chi connectivity index (χ0n) is 10.8. The maximum Gasteiger partial charge on any atom is 0.390 e. The van der Waals surface area contributed by atoms with Crippen molar-refractivity contribution in [2.75, 3.05) is 6.54 Å². The minimum Gasteiger partial charge on any atom is -0.313 e. The first-order valence-corrected chi connectivity index (χ1v) is 6.45. The van der Waals surface area contributed by atoms with Crippen LogP contribution in [0.2, 0.25) is 0 Å². The van der Waals surface area contributed by atoms with Crippen molar-refractivity contribution >= 4 is 0 Å². The van der Waals surface area contributed by atoms with Crippen LogP contribution in [0.1, 0.15) is 46.5 Å². The Morgan fingerprint density at radius 2 is 1.88 bits per heavy atom. The molecule has 0 radical (unpaired) electrons. The largest absolute Gasteiger partial charge is 0.390 e. The van der Waals surface area contributed by atoms with Gasteiger partial charge in [0, 0.05) is 12.6 Å². The molecule has 0 aromatic heterocycles. The number of halogens is 3. The molecule has 0 amide bonds. The molecule has 0 aromatic rings. The van der Waals surface area contributed by atoms with Gasteiger partial charge in [-0.15, -0.1) is 0 Å². The van der Waals surface area contributed by atoms with Gasteiger partial charge in [-0.2, -0.15) is 13.2 Å². The molecular weight excluding hydrogens is 227 g/mol. The highest BCUT2D eigenvalue weighted by Crippen LogP contribution is 2.62. The second kappa shape index (κ2) is 3.87. The van der Waals surface area contributed by atoms with E-state index in [1.165, 1.54) is 12.8 Å². The molecule has 2 saturated carbocycles. The molecule has 0 aliphatic heterocycles. The van der Waals surface area contributed by atoms with Gasteiger partial charge in [0.25, 0.3) is 0 Å². The molecule has 1 nitrogen and oxygen atoms in total. The first-order chi connectivity index (χ1) is 7.65. The van der Waals surface area contributed by atoms with Gasteiger partial charge in [0.15, 0.2) is 0 Å². The second-order valence-electron chi connectivity index (χ2n) is 6.67. The van der Waals surface area contributed by atoms with E-state index >= 15 is 0 Å². The van der Waals surface area contributed by atoms with Crippen molar-refractivity contribution in [3.8, 4) is 0 Å². The molecule has 2 aliphatic rings. The molecule has 0 saturated heterocycles. The van der Waals surface area contributed by atoms with Gasteiger partial charge in [0.05, 0.1) is 6.42 Å². The fourth-order valence-corrected chi connectivity index (χ4v) is 4.17. The summed E-state index contributed by atoms with van der Waals surface area (Å²) in [6.45, 7) is 6.69. The van der Waals surface area contributed by atoms with E-state index in [1.807, 2.05) is 0 Å². The van der Waals surface area contributed by atoms with Crippen molar-refractivity contribution in [3.05, 3.63) is 0 Å². The molecule has 17 heavy (non-hydrogen) atoms. The third-order valence-electron chi connectivity index (χ3n) is 5.03. The second-order valence-corrected chi connectivity index (χ2v) is 6.67. The van der Waals surface area contributed by atoms with E-state index in [0.29, 0.717) is 5.92 Å². The Morgan fingerprint density at radius 1 is 1.24 bits per heavy atom. The maximum absolute atomic E-state index is 12.2. The van der Waals surface area contributed by atoms with Crippen LogP contribution in [-0.2, 0) is 0 Å². The van der Waals surface area contributed by atoms with Gasteiger partial charge in [0.2, 0.25) is 0 Å². The van der Waals surface area contributed by atoms with Crippen molar-refractivity contribution in [2.45, 2.75) is 58.7 Å². The number of fused-ring (bicyclic) bond motifs is 2. The summed E-state index contributed by atoms with van der Waals surface area (Å²) in [4.78, 5) is 0. The number of nitrogens with one attached hydrogen (secondary N) is 1. The van der Waals surface area contributed by atoms with Crippen LogP contribution in [0.3, 0.4) is 0 Å². The van der Waals surface area contributed by atoms with Gasteiger partial charge in [-0.3, -0.25) is 0 Å². The van der Waals surface area contributed by atoms with Gasteiger partial charge in [0.1, 0.15) is 0 Å². The first kappa shape index (κ1) is 13.2. The Kier molecular flexibility index (Phi) is 3.00. The minimum absolute atomic E-state index is 0.0555. The summed E-state index contributed by atoms with van der Waals surface area (Å²) < 4.78 is 36.5. The lowest BCUT2D eigenvalue weighted by Crippen LogP contribution is -2.50. The van der Waals surface area contributed by atoms with E-state index in [1.54, 1.807) is 0 Å². The molecule has 2 fully saturated rings. The molecule has 1 unspecified atom stereocenters. The Labute approximate surface area is 101 Å². The molecule has 0 spiro atoms. The number of rotatable bonds is 3. The van der Waals surface area contributed by atoms with E-state index in [4.69, 9.17) is 0 Å². The van der Waals surface area contributed by atoms with Crippen molar-refractivity contribution in [2.24, 2.45) is 16.7 Å². The smallest absolute Gasteiger partial charge is 0.313 e. The topological polar surface area (TPSA) is 12.0 Å². The predicted molar refractivity (Wildman–Crippen MR) is 61.7 cm³/mol. The molecule has 4 heteroatoms. The van der Waals surface area contributed by atoms with E-state index in [0.717, 1.165) is 6.42 Å². The molecule has 2 rings (SSSR count). The summed E-state index contributed by atoms with van der Waals surface area (Å²) in [5, 5.41) is 3.18. The van der Waals surface area contributed by atoms with Crippen LogP contribution < -0.4 is 5.32 Å². The number of alkyl halides is 3. The van der Waals surface area contributed by atoms with Crippen LogP contribution in [0.5, 0.6) is 0 Å². The molecule has 2 aliphatic carbocycles. The first-order valence-electron chi connectivity index (χ1n) is 6.45. The highest BCUT2D eigenvalue weighted by molar-refractivity contribution is 5.11. The van der Waals surface area contributed by atoms with E-state index in [9.17, 15) is 13.2 Å². The summed E-state index contributed by atoms with van der Waals surface area (Å²) in [6, 6.07) is 0.232. The monoisotopic (exact) mass is 249 g/mol. The molecule has 1 N–H and O–H groups in total. The molecular formula is C13H22F3N. The van der Waals surface area contributed by atoms with Crippen LogP contribution in [0, 0.1) is 16.7 Å². The Balaban J connectivity index is 1.96. The summed E-state index contributed by atoms with van der Waals surface area (Å²) in [5.74, 6) is 0.677.